The highest BCUT2D eigenvalue weighted by Crippen LogP contribution is 2.18. The van der Waals surface area contributed by atoms with Crippen molar-refractivity contribution >= 4 is 5.78 Å². The second-order valence-electron chi connectivity index (χ2n) is 4.63. The summed E-state index contributed by atoms with van der Waals surface area (Å²) >= 11 is 0. The number of piperazine rings is 1. The number of carbonyl (C=O) groups excluding carboxylic acids is 1. The van der Waals surface area contributed by atoms with Gasteiger partial charge in [-0.15, -0.1) is 0 Å². The highest BCUT2D eigenvalue weighted by Gasteiger charge is 2.15. The summed E-state index contributed by atoms with van der Waals surface area (Å²) in [4.78, 5) is 14.4. The molecule has 18 heavy (non-hydrogen) atoms. The molecule has 0 radical (unpaired) electrons. The van der Waals surface area contributed by atoms with E-state index in [0.29, 0.717) is 6.54 Å². The fourth-order valence-corrected chi connectivity index (χ4v) is 2.22. The summed E-state index contributed by atoms with van der Waals surface area (Å²) in [6, 6.07) is 5.61. The van der Waals surface area contributed by atoms with Gasteiger partial charge >= 0.3 is 0 Å². The Labute approximate surface area is 108 Å². The topological polar surface area (TPSA) is 41.6 Å². The molecule has 0 unspecified atom stereocenters. The number of hydrogen-bond donors (Lipinski definition) is 1. The Hall–Kier alpha value is -1.39. The first-order valence-corrected chi connectivity index (χ1v) is 6.31. The van der Waals surface area contributed by atoms with E-state index in [2.05, 4.69) is 10.2 Å². The van der Waals surface area contributed by atoms with E-state index in [1.807, 2.05) is 25.1 Å². The van der Waals surface area contributed by atoms with Crippen LogP contribution in [-0.2, 0) is 0 Å². The summed E-state index contributed by atoms with van der Waals surface area (Å²) in [5.41, 5.74) is 1.77. The zero-order valence-corrected chi connectivity index (χ0v) is 11.0. The van der Waals surface area contributed by atoms with Crippen molar-refractivity contribution in [3.05, 3.63) is 29.3 Å². The van der Waals surface area contributed by atoms with Gasteiger partial charge in [0, 0.05) is 31.7 Å². The van der Waals surface area contributed by atoms with E-state index in [0.717, 1.165) is 43.1 Å². The number of nitrogens with zero attached hydrogens (tertiary/aromatic N) is 1. The molecule has 0 aromatic heterocycles. The van der Waals surface area contributed by atoms with E-state index in [1.165, 1.54) is 0 Å². The Morgan fingerprint density at radius 3 is 2.72 bits per heavy atom. The molecule has 1 fully saturated rings. The van der Waals surface area contributed by atoms with Gasteiger partial charge in [0.15, 0.2) is 5.78 Å². The Kier molecular flexibility index (Phi) is 4.33. The zero-order valence-electron chi connectivity index (χ0n) is 11.0. The maximum atomic E-state index is 12.2. The molecule has 98 valence electrons. The van der Waals surface area contributed by atoms with Crippen LogP contribution >= 0.6 is 0 Å². The van der Waals surface area contributed by atoms with Crippen LogP contribution in [0.3, 0.4) is 0 Å². The molecule has 1 N–H and O–H groups in total. The van der Waals surface area contributed by atoms with Crippen molar-refractivity contribution in [3.8, 4) is 5.75 Å². The van der Waals surface area contributed by atoms with Gasteiger partial charge in [-0.1, -0.05) is 0 Å². The SMILES string of the molecule is COc1ccc(C(=O)CN2CCNCC2)cc1C. The number of ether oxygens (including phenoxy) is 1. The summed E-state index contributed by atoms with van der Waals surface area (Å²) in [5, 5.41) is 3.28. The van der Waals surface area contributed by atoms with Gasteiger partial charge in [0.05, 0.1) is 13.7 Å². The van der Waals surface area contributed by atoms with Gasteiger partial charge < -0.3 is 10.1 Å². The highest BCUT2D eigenvalue weighted by atomic mass is 16.5. The lowest BCUT2D eigenvalue weighted by Crippen LogP contribution is -2.45. The summed E-state index contributed by atoms with van der Waals surface area (Å²) < 4.78 is 5.20. The fourth-order valence-electron chi connectivity index (χ4n) is 2.22. The van der Waals surface area contributed by atoms with Gasteiger partial charge in [0.25, 0.3) is 0 Å². The minimum absolute atomic E-state index is 0.183. The molecule has 4 nitrogen and oxygen atoms in total. The van der Waals surface area contributed by atoms with Gasteiger partial charge in [0.2, 0.25) is 0 Å². The van der Waals surface area contributed by atoms with Crippen molar-refractivity contribution in [1.82, 2.24) is 10.2 Å². The smallest absolute Gasteiger partial charge is 0.176 e. The fraction of sp³-hybridized carbons (Fsp3) is 0.500. The summed E-state index contributed by atoms with van der Waals surface area (Å²) in [6.45, 7) is 6.29. The molecule has 1 heterocycles. The molecule has 2 rings (SSSR count). The van der Waals surface area contributed by atoms with E-state index >= 15 is 0 Å². The normalized spacial score (nSPS) is 16.6. The summed E-state index contributed by atoms with van der Waals surface area (Å²) in [5.74, 6) is 1.01. The molecule has 0 atom stereocenters. The number of hydrogen-bond acceptors (Lipinski definition) is 4. The van der Waals surface area contributed by atoms with E-state index in [4.69, 9.17) is 4.74 Å². The number of Topliss-reactive ketones (excluding diaryl/α,β-unsaturated/α-hetero) is 1. The first-order valence-electron chi connectivity index (χ1n) is 6.31. The minimum Gasteiger partial charge on any atom is -0.496 e. The maximum Gasteiger partial charge on any atom is 0.176 e. The van der Waals surface area contributed by atoms with Crippen molar-refractivity contribution in [3.63, 3.8) is 0 Å². The van der Waals surface area contributed by atoms with E-state index in [-0.39, 0.29) is 5.78 Å². The molecule has 1 aliphatic rings. The largest absolute Gasteiger partial charge is 0.496 e. The van der Waals surface area contributed by atoms with Crippen molar-refractivity contribution < 1.29 is 9.53 Å². The lowest BCUT2D eigenvalue weighted by molar-refractivity contribution is 0.0921. The molecule has 1 aromatic carbocycles. The van der Waals surface area contributed by atoms with Crippen molar-refractivity contribution in [2.45, 2.75) is 6.92 Å². The standard InChI is InChI=1S/C14H20N2O2/c1-11-9-12(3-4-14(11)18-2)13(17)10-16-7-5-15-6-8-16/h3-4,9,15H,5-8,10H2,1-2H3. The molecule has 0 saturated carbocycles. The van der Waals surface area contributed by atoms with Crippen LogP contribution in [0.15, 0.2) is 18.2 Å². The van der Waals surface area contributed by atoms with Crippen LogP contribution in [0.4, 0.5) is 0 Å². The van der Waals surface area contributed by atoms with E-state index in [1.54, 1.807) is 7.11 Å². The van der Waals surface area contributed by atoms with Gasteiger partial charge in [0.1, 0.15) is 5.75 Å². The zero-order chi connectivity index (χ0) is 13.0. The maximum absolute atomic E-state index is 12.2. The predicted molar refractivity (Wildman–Crippen MR) is 71.4 cm³/mol. The number of methoxy groups -OCH3 is 1. The third-order valence-electron chi connectivity index (χ3n) is 3.29. The molecule has 0 aliphatic carbocycles. The lowest BCUT2D eigenvalue weighted by atomic mass is 10.1. The van der Waals surface area contributed by atoms with Crippen LogP contribution in [0, 0.1) is 6.92 Å². The minimum atomic E-state index is 0.183. The van der Waals surface area contributed by atoms with E-state index in [9.17, 15) is 4.79 Å². The van der Waals surface area contributed by atoms with Crippen LogP contribution in [-0.4, -0.2) is 50.5 Å². The van der Waals surface area contributed by atoms with Gasteiger partial charge in [-0.05, 0) is 30.7 Å². The molecule has 0 bridgehead atoms. The van der Waals surface area contributed by atoms with Gasteiger partial charge in [-0.25, -0.2) is 0 Å². The van der Waals surface area contributed by atoms with Crippen LogP contribution < -0.4 is 10.1 Å². The summed E-state index contributed by atoms with van der Waals surface area (Å²) in [7, 11) is 1.64. The number of nitrogens with one attached hydrogen (secondary N) is 1. The van der Waals surface area contributed by atoms with Crippen LogP contribution in [0.25, 0.3) is 0 Å². The average molecular weight is 248 g/mol. The monoisotopic (exact) mass is 248 g/mol. The Balaban J connectivity index is 2.01. The number of ketones is 1. The molecule has 1 saturated heterocycles. The third-order valence-corrected chi connectivity index (χ3v) is 3.29. The molecule has 4 heteroatoms. The molecular weight excluding hydrogens is 228 g/mol. The number of aryl methyl sites for hydroxylation is 1. The van der Waals surface area contributed by atoms with Crippen molar-refractivity contribution in [2.24, 2.45) is 0 Å². The highest BCUT2D eigenvalue weighted by molar-refractivity contribution is 5.98. The van der Waals surface area contributed by atoms with Crippen LogP contribution in [0.1, 0.15) is 15.9 Å². The van der Waals surface area contributed by atoms with Crippen molar-refractivity contribution in [2.75, 3.05) is 39.8 Å². The molecule has 0 amide bonds. The number of benzene rings is 1. The van der Waals surface area contributed by atoms with Crippen LogP contribution in [0.5, 0.6) is 5.75 Å². The number of rotatable bonds is 4. The quantitative estimate of drug-likeness (QED) is 0.810. The third kappa shape index (κ3) is 3.09. The van der Waals surface area contributed by atoms with Gasteiger partial charge in [-0.3, -0.25) is 9.69 Å². The molecular formula is C14H20N2O2. The second-order valence-corrected chi connectivity index (χ2v) is 4.63. The number of carbonyl (C=O) groups is 1. The Bertz CT molecular complexity index is 426. The second kappa shape index (κ2) is 5.98. The molecule has 1 aromatic rings. The summed E-state index contributed by atoms with van der Waals surface area (Å²) in [6.07, 6.45) is 0. The Morgan fingerprint density at radius 2 is 2.11 bits per heavy atom. The molecule has 0 spiro atoms. The average Bonchev–Trinajstić information content (AvgIpc) is 2.39. The lowest BCUT2D eigenvalue weighted by Gasteiger charge is -2.26. The first-order chi connectivity index (χ1) is 8.70. The predicted octanol–water partition coefficient (Wildman–Crippen LogP) is 1.09. The van der Waals surface area contributed by atoms with Crippen molar-refractivity contribution in [1.29, 1.82) is 0 Å². The van der Waals surface area contributed by atoms with E-state index < -0.39 is 0 Å². The Morgan fingerprint density at radius 1 is 1.39 bits per heavy atom. The van der Waals surface area contributed by atoms with Crippen LogP contribution in [0.2, 0.25) is 0 Å². The van der Waals surface area contributed by atoms with Gasteiger partial charge in [-0.2, -0.15) is 0 Å². The first kappa shape index (κ1) is 13.1. The molecule has 1 aliphatic heterocycles.